The number of amides is 4. The van der Waals surface area contributed by atoms with Gasteiger partial charge in [0.15, 0.2) is 0 Å². The van der Waals surface area contributed by atoms with Crippen LogP contribution in [0.15, 0.2) is 216 Å². The van der Waals surface area contributed by atoms with Gasteiger partial charge in [0, 0.05) is 58.6 Å². The topological polar surface area (TPSA) is 282 Å². The molecule has 4 N–H and O–H groups in total. The lowest BCUT2D eigenvalue weighted by Crippen LogP contribution is -2.41. The van der Waals surface area contributed by atoms with Gasteiger partial charge in [-0.25, -0.2) is 4.79 Å². The molecule has 0 unspecified atom stereocenters. The summed E-state index contributed by atoms with van der Waals surface area (Å²) in [6.45, 7) is 13.8. The fourth-order valence-electron chi connectivity index (χ4n) is 17.3. The van der Waals surface area contributed by atoms with Crippen molar-refractivity contribution in [2.75, 3.05) is 98.4 Å². The first-order valence-electron chi connectivity index (χ1n) is 43.0. The van der Waals surface area contributed by atoms with Crippen molar-refractivity contribution in [3.05, 3.63) is 285 Å². The molecule has 24 rings (SSSR count). The summed E-state index contributed by atoms with van der Waals surface area (Å²) in [6.07, 6.45) is 6.57. The molecule has 0 aliphatic carbocycles. The summed E-state index contributed by atoms with van der Waals surface area (Å²) in [4.78, 5) is 148. The zero-order valence-electron chi connectivity index (χ0n) is 70.9. The highest BCUT2D eigenvalue weighted by molar-refractivity contribution is 7.28. The van der Waals surface area contributed by atoms with Gasteiger partial charge in [0.2, 0.25) is 27.1 Å². The van der Waals surface area contributed by atoms with Gasteiger partial charge in [0.25, 0.3) is 23.6 Å². The number of rotatable bonds is 17. The van der Waals surface area contributed by atoms with Crippen LogP contribution in [0.2, 0.25) is 8.67 Å². The van der Waals surface area contributed by atoms with Gasteiger partial charge in [-0.05, 0) is 178 Å². The van der Waals surface area contributed by atoms with E-state index < -0.39 is 5.97 Å². The van der Waals surface area contributed by atoms with E-state index in [4.69, 9.17) is 32.7 Å². The predicted molar refractivity (Wildman–Crippen MR) is 549 cm³/mol. The minimum absolute atomic E-state index is 0.0787. The van der Waals surface area contributed by atoms with Gasteiger partial charge < -0.3 is 40.5 Å². The van der Waals surface area contributed by atoms with E-state index in [0.29, 0.717) is 74.6 Å². The van der Waals surface area contributed by atoms with Crippen LogP contribution >= 0.6 is 137 Å². The molecule has 3 aliphatic rings. The molecule has 3 saturated heterocycles. The zero-order valence-corrected chi connectivity index (χ0v) is 80.6. The molecule has 19 heterocycles. The molecule has 133 heavy (non-hydrogen) atoms. The third-order valence-electron chi connectivity index (χ3n) is 23.5. The second-order valence-corrected chi connectivity index (χ2v) is 42.7. The molecule has 0 bridgehead atoms. The predicted octanol–water partition coefficient (Wildman–Crippen LogP) is 19.2. The minimum Gasteiger partial charge on any atom is -0.462 e. The smallest absolute Gasteiger partial charge is 0.345 e. The Morgan fingerprint density at radius 1 is 0.361 bits per heavy atom. The van der Waals surface area contributed by atoms with Crippen LogP contribution in [-0.2, 0) is 16.0 Å². The lowest BCUT2D eigenvalue weighted by molar-refractivity contribution is 0.0383. The number of ether oxygens (including phenoxy) is 2. The number of benzene rings is 5. The first-order valence-corrected chi connectivity index (χ1v) is 52.1. The van der Waals surface area contributed by atoms with Crippen LogP contribution in [0.25, 0.3) is 126 Å². The number of fused-ring (bicyclic) bond motifs is 25. The lowest BCUT2D eigenvalue weighted by Gasteiger charge is -2.26. The number of carbonyl (C=O) groups is 5. The van der Waals surface area contributed by atoms with E-state index in [1.807, 2.05) is 181 Å². The Balaban J connectivity index is 0.000000104. The molecule has 3 aliphatic heterocycles. The molecular weight excluding hydrogens is 1920 g/mol. The number of hydrogen-bond donors (Lipinski definition) is 4. The van der Waals surface area contributed by atoms with Crippen molar-refractivity contribution in [2.24, 2.45) is 0 Å². The first-order chi connectivity index (χ1) is 65.0. The van der Waals surface area contributed by atoms with Crippen molar-refractivity contribution < 1.29 is 33.4 Å². The Bertz CT molecular complexity index is 8500. The summed E-state index contributed by atoms with van der Waals surface area (Å²) in [7, 11) is 0. The molecule has 0 atom stereocenters. The molecule has 0 spiro atoms. The molecule has 674 valence electrons. The van der Waals surface area contributed by atoms with Gasteiger partial charge in [-0.2, -0.15) is 0 Å². The van der Waals surface area contributed by atoms with Crippen LogP contribution in [-0.4, -0.2) is 170 Å². The number of hydrogen-bond acceptors (Lipinski definition) is 26. The van der Waals surface area contributed by atoms with Crippen LogP contribution in [0.1, 0.15) is 90.1 Å². The molecule has 25 nitrogen and oxygen atoms in total. The second kappa shape index (κ2) is 38.9. The van der Waals surface area contributed by atoms with Crippen LogP contribution in [0.4, 0.5) is 0 Å². The lowest BCUT2D eigenvalue weighted by atomic mass is 10.2. The van der Waals surface area contributed by atoms with Gasteiger partial charge in [-0.1, -0.05) is 89.9 Å². The van der Waals surface area contributed by atoms with Crippen molar-refractivity contribution >= 4 is 292 Å². The summed E-state index contributed by atoms with van der Waals surface area (Å²) >= 11 is 27.0. The Morgan fingerprint density at radius 3 is 1.02 bits per heavy atom. The third kappa shape index (κ3) is 17.3. The number of pyridine rings is 6. The number of thiophene rings is 5. The van der Waals surface area contributed by atoms with E-state index in [2.05, 4.69) is 49.8 Å². The zero-order chi connectivity index (χ0) is 91.2. The standard InChI is InChI=1S/C20H18ClN3O2S2.C20H19N3O3S2.C20H13N3O2S2.C20H19N3O2S2.C16H10ClNO3S2/c21-15-11-12-17(25)16(18(26)22-7-10-23-8-3-4-9-23)20-24(19(12)28-15)13-5-1-2-6-14(13)27-20;24-17-13-5-12-27-19(13)23-14-3-1-2-4-15(14)28-20(23)16(17)18(25)21-6-7-22-8-10-26-11-9-22;24-17-13-8-10-26-19(13)23-14-6-1-2-7-15(14)27-20(23)16(17)18(25)22-11-12-5-3-4-9-21-12;24-17-13-7-12-26-19(13)23-14-5-1-2-6-15(14)27-20(23)16(17)18(25)21-8-11-22-9-3-4-10-22;1-2-21-16(20)12-13(19)8-7-11(17)23-14(8)18-9-5-3-4-6-10(9)22-15(12)18/h1-2,5-6,11H,3-4,7-10H2,(H,22,26);1-5,12H,6-11H2,(H,21,25);1-10H,11H2,(H,22,25);1-2,5-7,12H,3-4,8-11H2,(H,21,25);3-7H,2H2,1H3. The van der Waals surface area contributed by atoms with Gasteiger partial charge in [0.1, 0.15) is 76.1 Å². The molecule has 5 aromatic carbocycles. The highest BCUT2D eigenvalue weighted by Gasteiger charge is 2.31. The number of thiazole rings is 5. The fraction of sp³-hybridized carbons (Fsp3) is 0.219. The van der Waals surface area contributed by atoms with Gasteiger partial charge >= 0.3 is 5.97 Å². The molecular formula is C96H79Cl2N13O12S10. The number of likely N-dealkylation sites (tertiary alicyclic amines) is 2. The molecule has 4 amide bonds. The third-order valence-corrected chi connectivity index (χ3v) is 34.4. The fourth-order valence-corrected chi connectivity index (χ4v) is 28.7. The Labute approximate surface area is 804 Å². The second-order valence-electron chi connectivity index (χ2n) is 31.6. The van der Waals surface area contributed by atoms with Crippen LogP contribution in [0.3, 0.4) is 0 Å². The highest BCUT2D eigenvalue weighted by Crippen LogP contribution is 2.41. The number of carbonyl (C=O) groups excluding carboxylic acids is 5. The molecule has 0 saturated carbocycles. The Hall–Kier alpha value is -11.3. The van der Waals surface area contributed by atoms with E-state index in [-0.39, 0.29) is 91.7 Å². The van der Waals surface area contributed by atoms with Crippen molar-refractivity contribution in [1.29, 1.82) is 0 Å². The van der Waals surface area contributed by atoms with E-state index in [1.165, 1.54) is 139 Å². The van der Waals surface area contributed by atoms with Gasteiger partial charge in [0.05, 0.1) is 119 Å². The largest absolute Gasteiger partial charge is 0.462 e. The number of morpholine rings is 1. The molecule has 3 fully saturated rings. The SMILES string of the molecule is CCOC(=O)c1c(=O)c2cc(Cl)sc2n2c1sc1ccccc12.O=C(NCCN1CCCC1)c1c(=O)c2cc(Cl)sc2n2c1sc1ccccc12.O=C(NCCN1CCCC1)c1c(=O)c2ccsc2n2c1sc1ccccc12.O=C(NCCN1CCOCC1)c1c(=O)c2ccsc2n2c1sc1ccccc12.O=C(NCc1ccccn1)c1c(=O)c2ccsc2n2c1sc1ccccc12. The number of para-hydroxylation sites is 5. The average molecular weight is 2000 g/mol. The summed E-state index contributed by atoms with van der Waals surface area (Å²) in [5, 5.41) is 20.2. The number of esters is 1. The summed E-state index contributed by atoms with van der Waals surface area (Å²) in [5.41, 5.74) is 5.58. The highest BCUT2D eigenvalue weighted by atomic mass is 35.5. The van der Waals surface area contributed by atoms with Crippen LogP contribution in [0.5, 0.6) is 0 Å². The van der Waals surface area contributed by atoms with Crippen molar-refractivity contribution in [3.8, 4) is 0 Å². The van der Waals surface area contributed by atoms with Crippen LogP contribution in [0, 0.1) is 0 Å². The monoisotopic (exact) mass is 2000 g/mol. The Kier molecular flexibility index (Phi) is 26.2. The Morgan fingerprint density at radius 2 is 0.669 bits per heavy atom. The van der Waals surface area contributed by atoms with E-state index in [9.17, 15) is 47.9 Å². The average Bonchev–Trinajstić information content (AvgIpc) is 1.59. The first kappa shape index (κ1) is 89.5. The maximum Gasteiger partial charge on any atom is 0.345 e. The number of nitrogens with zero attached hydrogens (tertiary/aromatic N) is 9. The van der Waals surface area contributed by atoms with Gasteiger partial charge in [-0.3, -0.25) is 75.0 Å². The summed E-state index contributed by atoms with van der Waals surface area (Å²) in [6, 6.07) is 54.0. The van der Waals surface area contributed by atoms with Crippen molar-refractivity contribution in [1.82, 2.24) is 63.0 Å². The molecule has 0 radical (unpaired) electrons. The molecule has 21 aromatic rings. The minimum atomic E-state index is -0.592. The van der Waals surface area contributed by atoms with Crippen LogP contribution < -0.4 is 48.4 Å². The molecule has 37 heteroatoms. The maximum absolute atomic E-state index is 13.2. The van der Waals surface area contributed by atoms with E-state index >= 15 is 0 Å². The van der Waals surface area contributed by atoms with Gasteiger partial charge in [-0.15, -0.1) is 113 Å². The summed E-state index contributed by atoms with van der Waals surface area (Å²) in [5.74, 6) is -1.84. The number of aromatic nitrogens is 6. The van der Waals surface area contributed by atoms with Crippen molar-refractivity contribution in [2.45, 2.75) is 39.2 Å². The quantitative estimate of drug-likeness (QED) is 0.0616. The number of nitrogens with one attached hydrogen (secondary N) is 4. The van der Waals surface area contributed by atoms with Crippen molar-refractivity contribution in [3.63, 3.8) is 0 Å². The van der Waals surface area contributed by atoms with E-state index in [1.54, 1.807) is 31.3 Å². The van der Waals surface area contributed by atoms with E-state index in [0.717, 1.165) is 158 Å². The normalized spacial score (nSPS) is 13.9. The molecule has 16 aromatic heterocycles. The maximum atomic E-state index is 13.2. The number of halogens is 2. The summed E-state index contributed by atoms with van der Waals surface area (Å²) < 4.78 is 26.8.